The lowest BCUT2D eigenvalue weighted by Gasteiger charge is -2.05. The number of hydrogen-bond acceptors (Lipinski definition) is 2. The van der Waals surface area contributed by atoms with E-state index in [2.05, 4.69) is 0 Å². The van der Waals surface area contributed by atoms with Crippen molar-refractivity contribution in [1.29, 1.82) is 0 Å². The van der Waals surface area contributed by atoms with Gasteiger partial charge in [0.25, 0.3) is 0 Å². The summed E-state index contributed by atoms with van der Waals surface area (Å²) in [6, 6.07) is 0. The van der Waals surface area contributed by atoms with Gasteiger partial charge in [0.05, 0.1) is 6.10 Å². The number of aliphatic hydroxyl groups is 2. The Morgan fingerprint density at radius 3 is 1.64 bits per heavy atom. The van der Waals surface area contributed by atoms with Crippen LogP contribution in [0.15, 0.2) is 0 Å². The van der Waals surface area contributed by atoms with Gasteiger partial charge in [-0.1, -0.05) is 51.9 Å². The van der Waals surface area contributed by atoms with Crippen LogP contribution >= 0.6 is 0 Å². The molecule has 1 fully saturated rings. The first-order valence-corrected chi connectivity index (χ1v) is 6.10. The highest BCUT2D eigenvalue weighted by Crippen LogP contribution is 2.15. The van der Waals surface area contributed by atoms with Crippen LogP contribution in [0.3, 0.4) is 0 Å². The lowest BCUT2D eigenvalue weighted by Crippen LogP contribution is -2.07. The minimum absolute atomic E-state index is 0.0984. The predicted octanol–water partition coefficient (Wildman–Crippen LogP) is 2.87. The van der Waals surface area contributed by atoms with Crippen molar-refractivity contribution in [3.63, 3.8) is 0 Å². The van der Waals surface area contributed by atoms with Crippen LogP contribution < -0.4 is 0 Å². The molecular weight excluding hydrogens is 176 g/mol. The zero-order valence-corrected chi connectivity index (χ0v) is 9.54. The van der Waals surface area contributed by atoms with Gasteiger partial charge < -0.3 is 10.2 Å². The van der Waals surface area contributed by atoms with Gasteiger partial charge in [0.1, 0.15) is 0 Å². The van der Waals surface area contributed by atoms with Crippen molar-refractivity contribution in [2.75, 3.05) is 6.61 Å². The van der Waals surface area contributed by atoms with Gasteiger partial charge in [0.2, 0.25) is 0 Å². The third-order valence-corrected chi connectivity index (χ3v) is 2.58. The van der Waals surface area contributed by atoms with E-state index in [4.69, 9.17) is 10.2 Å². The average Bonchev–Trinajstić information content (AvgIpc) is 2.22. The quantitative estimate of drug-likeness (QED) is 0.736. The van der Waals surface area contributed by atoms with Crippen LogP contribution in [0.25, 0.3) is 0 Å². The second kappa shape index (κ2) is 11.0. The molecule has 0 aromatic rings. The number of hydrogen-bond donors (Lipinski definition) is 2. The molecule has 0 saturated heterocycles. The van der Waals surface area contributed by atoms with Crippen LogP contribution in [0.4, 0.5) is 0 Å². The van der Waals surface area contributed by atoms with Crippen molar-refractivity contribution in [3.8, 4) is 0 Å². The van der Waals surface area contributed by atoms with E-state index in [0.29, 0.717) is 6.42 Å². The Balaban J connectivity index is 0.000000249. The topological polar surface area (TPSA) is 40.5 Å². The van der Waals surface area contributed by atoms with Gasteiger partial charge in [-0.3, -0.25) is 0 Å². The van der Waals surface area contributed by atoms with Gasteiger partial charge in [-0.05, 0) is 12.8 Å². The van der Waals surface area contributed by atoms with Gasteiger partial charge in [0, 0.05) is 6.61 Å². The lowest BCUT2D eigenvalue weighted by molar-refractivity contribution is 0.124. The standard InChI is InChI=1S/C6H14O2.C6H12/c1-2-3-6(8)4-5-7;1-2-4-6-5-3-1/h6-8H,2-5H2,1H3;1-6H2. The van der Waals surface area contributed by atoms with Gasteiger partial charge in [-0.2, -0.15) is 0 Å². The molecule has 1 rings (SSSR count). The zero-order valence-electron chi connectivity index (χ0n) is 9.54. The Kier molecular flexibility index (Phi) is 10.9. The first kappa shape index (κ1) is 13.9. The molecular formula is C12H26O2. The summed E-state index contributed by atoms with van der Waals surface area (Å²) in [5.74, 6) is 0. The molecule has 86 valence electrons. The molecule has 0 spiro atoms. The summed E-state index contributed by atoms with van der Waals surface area (Å²) < 4.78 is 0. The molecule has 1 aliphatic carbocycles. The predicted molar refractivity (Wildman–Crippen MR) is 60.3 cm³/mol. The third kappa shape index (κ3) is 10.0. The van der Waals surface area contributed by atoms with E-state index in [1.165, 1.54) is 38.5 Å². The van der Waals surface area contributed by atoms with Crippen molar-refractivity contribution < 1.29 is 10.2 Å². The largest absolute Gasteiger partial charge is 0.396 e. The highest BCUT2D eigenvalue weighted by Gasteiger charge is 1.98. The summed E-state index contributed by atoms with van der Waals surface area (Å²) in [6.45, 7) is 2.11. The van der Waals surface area contributed by atoms with Crippen LogP contribution in [-0.2, 0) is 0 Å². The molecule has 1 saturated carbocycles. The Morgan fingerprint density at radius 1 is 0.929 bits per heavy atom. The van der Waals surface area contributed by atoms with Crippen molar-refractivity contribution in [3.05, 3.63) is 0 Å². The zero-order chi connectivity index (χ0) is 10.6. The highest BCUT2D eigenvalue weighted by molar-refractivity contribution is 4.51. The SMILES string of the molecule is C1CCCCC1.CCCC(O)CCO. The molecule has 1 aliphatic rings. The lowest BCUT2D eigenvalue weighted by atomic mass is 10.0. The van der Waals surface area contributed by atoms with E-state index >= 15 is 0 Å². The fourth-order valence-corrected chi connectivity index (χ4v) is 1.69. The molecule has 0 aliphatic heterocycles. The maximum atomic E-state index is 8.89. The van der Waals surface area contributed by atoms with Gasteiger partial charge in [0.15, 0.2) is 0 Å². The molecule has 1 atom stereocenters. The summed E-state index contributed by atoms with van der Waals surface area (Å²) >= 11 is 0. The van der Waals surface area contributed by atoms with E-state index in [-0.39, 0.29) is 12.7 Å². The first-order chi connectivity index (χ1) is 6.81. The second-order valence-electron chi connectivity index (χ2n) is 4.08. The molecule has 0 amide bonds. The number of aliphatic hydroxyl groups excluding tert-OH is 2. The van der Waals surface area contributed by atoms with Crippen LogP contribution in [0.5, 0.6) is 0 Å². The molecule has 14 heavy (non-hydrogen) atoms. The van der Waals surface area contributed by atoms with E-state index in [1.807, 2.05) is 6.92 Å². The Hall–Kier alpha value is -0.0800. The Labute approximate surface area is 88.3 Å². The molecule has 1 unspecified atom stereocenters. The van der Waals surface area contributed by atoms with Gasteiger partial charge >= 0.3 is 0 Å². The Morgan fingerprint density at radius 2 is 1.36 bits per heavy atom. The minimum Gasteiger partial charge on any atom is -0.396 e. The number of rotatable bonds is 4. The van der Waals surface area contributed by atoms with E-state index < -0.39 is 0 Å². The normalized spacial score (nSPS) is 18.2. The second-order valence-corrected chi connectivity index (χ2v) is 4.08. The summed E-state index contributed by atoms with van der Waals surface area (Å²) in [6.07, 6.45) is 11.0. The maximum Gasteiger partial charge on any atom is 0.0562 e. The summed E-state index contributed by atoms with van der Waals surface area (Å²) in [7, 11) is 0. The molecule has 0 aromatic heterocycles. The van der Waals surface area contributed by atoms with Crippen molar-refractivity contribution in [2.24, 2.45) is 0 Å². The van der Waals surface area contributed by atoms with Gasteiger partial charge in [-0.25, -0.2) is 0 Å². The molecule has 2 nitrogen and oxygen atoms in total. The fraction of sp³-hybridized carbons (Fsp3) is 1.00. The van der Waals surface area contributed by atoms with E-state index in [1.54, 1.807) is 0 Å². The van der Waals surface area contributed by atoms with Crippen LogP contribution in [0.2, 0.25) is 0 Å². The first-order valence-electron chi connectivity index (χ1n) is 6.10. The molecule has 0 aromatic carbocycles. The van der Waals surface area contributed by atoms with Crippen LogP contribution in [0, 0.1) is 0 Å². The maximum absolute atomic E-state index is 8.89. The minimum atomic E-state index is -0.287. The molecule has 0 bridgehead atoms. The summed E-state index contributed by atoms with van der Waals surface area (Å²) in [4.78, 5) is 0. The molecule has 0 radical (unpaired) electrons. The molecule has 0 heterocycles. The van der Waals surface area contributed by atoms with E-state index in [9.17, 15) is 0 Å². The third-order valence-electron chi connectivity index (χ3n) is 2.58. The van der Waals surface area contributed by atoms with Crippen LogP contribution in [0.1, 0.15) is 64.7 Å². The Bertz CT molecular complexity index is 83.0. The van der Waals surface area contributed by atoms with Crippen molar-refractivity contribution >= 4 is 0 Å². The fourth-order valence-electron chi connectivity index (χ4n) is 1.69. The summed E-state index contributed by atoms with van der Waals surface area (Å²) in [5.41, 5.74) is 0. The average molecular weight is 202 g/mol. The monoisotopic (exact) mass is 202 g/mol. The molecule has 2 N–H and O–H groups in total. The van der Waals surface area contributed by atoms with E-state index in [0.717, 1.165) is 12.8 Å². The van der Waals surface area contributed by atoms with Crippen molar-refractivity contribution in [2.45, 2.75) is 70.8 Å². The summed E-state index contributed by atoms with van der Waals surface area (Å²) in [5, 5.41) is 17.2. The van der Waals surface area contributed by atoms with Gasteiger partial charge in [-0.15, -0.1) is 0 Å². The highest BCUT2D eigenvalue weighted by atomic mass is 16.3. The van der Waals surface area contributed by atoms with Crippen molar-refractivity contribution in [1.82, 2.24) is 0 Å². The van der Waals surface area contributed by atoms with Crippen LogP contribution in [-0.4, -0.2) is 22.9 Å². The smallest absolute Gasteiger partial charge is 0.0562 e. The molecule has 2 heteroatoms.